The lowest BCUT2D eigenvalue weighted by molar-refractivity contribution is -0.157. The van der Waals surface area contributed by atoms with Gasteiger partial charge in [-0.05, 0) is 13.8 Å². The zero-order valence-corrected chi connectivity index (χ0v) is 6.70. The summed E-state index contributed by atoms with van der Waals surface area (Å²) in [5, 5.41) is 0. The van der Waals surface area contributed by atoms with Crippen molar-refractivity contribution in [3.05, 3.63) is 0 Å². The van der Waals surface area contributed by atoms with Crippen LogP contribution in [0.15, 0.2) is 0 Å². The molecular formula is C7H12O4. The molecule has 0 aliphatic carbocycles. The Labute approximate surface area is 65.4 Å². The van der Waals surface area contributed by atoms with Crippen molar-refractivity contribution in [3.63, 3.8) is 0 Å². The molecule has 1 fully saturated rings. The smallest absolute Gasteiger partial charge is 0.338 e. The van der Waals surface area contributed by atoms with Crippen molar-refractivity contribution in [1.82, 2.24) is 0 Å². The van der Waals surface area contributed by atoms with E-state index in [1.165, 1.54) is 0 Å². The van der Waals surface area contributed by atoms with Crippen molar-refractivity contribution < 1.29 is 19.0 Å². The summed E-state index contributed by atoms with van der Waals surface area (Å²) in [4.78, 5) is 11.0. The van der Waals surface area contributed by atoms with Gasteiger partial charge in [0.2, 0.25) is 0 Å². The highest BCUT2D eigenvalue weighted by molar-refractivity contribution is 5.75. The van der Waals surface area contributed by atoms with Crippen LogP contribution >= 0.6 is 0 Å². The summed E-state index contributed by atoms with van der Waals surface area (Å²) in [7, 11) is 0. The van der Waals surface area contributed by atoms with Crippen molar-refractivity contribution in [1.29, 1.82) is 0 Å². The van der Waals surface area contributed by atoms with E-state index < -0.39 is 6.10 Å². The minimum atomic E-state index is -0.516. The molecule has 1 saturated heterocycles. The second-order valence-corrected chi connectivity index (χ2v) is 2.63. The molecule has 0 spiro atoms. The number of carbonyl (C=O) groups is 1. The van der Waals surface area contributed by atoms with E-state index in [0.29, 0.717) is 6.61 Å². The topological polar surface area (TPSA) is 44.8 Å². The average molecular weight is 160 g/mol. The van der Waals surface area contributed by atoms with Crippen LogP contribution < -0.4 is 0 Å². The lowest BCUT2D eigenvalue weighted by atomic mass is 10.4. The zero-order valence-electron chi connectivity index (χ0n) is 6.70. The van der Waals surface area contributed by atoms with Crippen LogP contribution in [0.3, 0.4) is 0 Å². The van der Waals surface area contributed by atoms with Crippen LogP contribution in [0.25, 0.3) is 0 Å². The Bertz CT molecular complexity index is 137. The van der Waals surface area contributed by atoms with E-state index in [1.807, 2.05) is 0 Å². The number of hydrogen-bond acceptors (Lipinski definition) is 4. The molecule has 1 heterocycles. The Morgan fingerprint density at radius 1 is 1.64 bits per heavy atom. The monoisotopic (exact) mass is 160 g/mol. The van der Waals surface area contributed by atoms with Gasteiger partial charge in [0, 0.05) is 0 Å². The first-order valence-corrected chi connectivity index (χ1v) is 3.60. The van der Waals surface area contributed by atoms with Crippen LogP contribution in [0.4, 0.5) is 0 Å². The molecule has 0 N–H and O–H groups in total. The third-order valence-corrected chi connectivity index (χ3v) is 1.24. The highest BCUT2D eigenvalue weighted by atomic mass is 16.7. The summed E-state index contributed by atoms with van der Waals surface area (Å²) < 4.78 is 14.6. The average Bonchev–Trinajstić information content (AvgIpc) is 2.35. The molecule has 1 aliphatic heterocycles. The molecule has 0 saturated carbocycles. The van der Waals surface area contributed by atoms with Crippen LogP contribution in [0.1, 0.15) is 13.8 Å². The molecule has 4 nitrogen and oxygen atoms in total. The van der Waals surface area contributed by atoms with Crippen LogP contribution in [0, 0.1) is 0 Å². The normalized spacial score (nSPS) is 24.1. The van der Waals surface area contributed by atoms with Gasteiger partial charge in [-0.1, -0.05) is 0 Å². The van der Waals surface area contributed by atoms with Gasteiger partial charge in [-0.25, -0.2) is 4.79 Å². The van der Waals surface area contributed by atoms with Crippen LogP contribution in [-0.2, 0) is 19.0 Å². The number of ether oxygens (including phenoxy) is 3. The SMILES string of the molecule is CC(C)OC(=O)C1COCO1. The van der Waals surface area contributed by atoms with E-state index >= 15 is 0 Å². The van der Waals surface area contributed by atoms with Gasteiger partial charge in [-0.2, -0.15) is 0 Å². The first kappa shape index (κ1) is 8.49. The van der Waals surface area contributed by atoms with Crippen LogP contribution in [0.2, 0.25) is 0 Å². The number of carbonyl (C=O) groups excluding carboxylic acids is 1. The van der Waals surface area contributed by atoms with E-state index in [4.69, 9.17) is 14.2 Å². The van der Waals surface area contributed by atoms with Crippen molar-refractivity contribution in [2.75, 3.05) is 13.4 Å². The minimum Gasteiger partial charge on any atom is -0.461 e. The molecule has 0 aromatic rings. The Morgan fingerprint density at radius 2 is 2.36 bits per heavy atom. The highest BCUT2D eigenvalue weighted by Gasteiger charge is 2.26. The standard InChI is InChI=1S/C7H12O4/c1-5(2)11-7(8)6-3-9-4-10-6/h5-6H,3-4H2,1-2H3. The van der Waals surface area contributed by atoms with E-state index in [1.54, 1.807) is 13.8 Å². The van der Waals surface area contributed by atoms with Crippen molar-refractivity contribution in [3.8, 4) is 0 Å². The lowest BCUT2D eigenvalue weighted by Gasteiger charge is -2.10. The molecule has 1 aliphatic rings. The third-order valence-electron chi connectivity index (χ3n) is 1.24. The Balaban J connectivity index is 2.28. The molecular weight excluding hydrogens is 148 g/mol. The molecule has 0 amide bonds. The zero-order chi connectivity index (χ0) is 8.27. The number of rotatable bonds is 2. The molecule has 1 rings (SSSR count). The van der Waals surface area contributed by atoms with Gasteiger partial charge in [0.25, 0.3) is 0 Å². The maximum Gasteiger partial charge on any atom is 0.338 e. The highest BCUT2D eigenvalue weighted by Crippen LogP contribution is 2.05. The maximum atomic E-state index is 11.0. The van der Waals surface area contributed by atoms with E-state index in [0.717, 1.165) is 0 Å². The predicted octanol–water partition coefficient (Wildman–Crippen LogP) is 0.311. The molecule has 11 heavy (non-hydrogen) atoms. The van der Waals surface area contributed by atoms with Crippen molar-refractivity contribution in [2.45, 2.75) is 26.1 Å². The second-order valence-electron chi connectivity index (χ2n) is 2.63. The molecule has 0 aromatic carbocycles. The summed E-state index contributed by atoms with van der Waals surface area (Å²) in [6.45, 7) is 4.10. The quantitative estimate of drug-likeness (QED) is 0.545. The summed E-state index contributed by atoms with van der Waals surface area (Å²) in [5.74, 6) is -0.336. The van der Waals surface area contributed by atoms with E-state index in [2.05, 4.69) is 0 Å². The predicted molar refractivity (Wildman–Crippen MR) is 36.9 cm³/mol. The van der Waals surface area contributed by atoms with Gasteiger partial charge >= 0.3 is 5.97 Å². The summed E-state index contributed by atoms with van der Waals surface area (Å²) >= 11 is 0. The van der Waals surface area contributed by atoms with E-state index in [-0.39, 0.29) is 18.9 Å². The van der Waals surface area contributed by atoms with Gasteiger partial charge in [-0.15, -0.1) is 0 Å². The second kappa shape index (κ2) is 3.69. The molecule has 0 bridgehead atoms. The Hall–Kier alpha value is -0.610. The molecule has 0 aromatic heterocycles. The van der Waals surface area contributed by atoms with Crippen LogP contribution in [0.5, 0.6) is 0 Å². The fourth-order valence-electron chi connectivity index (χ4n) is 0.778. The van der Waals surface area contributed by atoms with Gasteiger partial charge < -0.3 is 14.2 Å². The molecule has 64 valence electrons. The fraction of sp³-hybridized carbons (Fsp3) is 0.857. The summed E-state index contributed by atoms with van der Waals surface area (Å²) in [6, 6.07) is 0. The first-order chi connectivity index (χ1) is 5.20. The molecule has 1 unspecified atom stereocenters. The number of hydrogen-bond donors (Lipinski definition) is 0. The Morgan fingerprint density at radius 3 is 2.82 bits per heavy atom. The Kier molecular flexibility index (Phi) is 2.84. The maximum absolute atomic E-state index is 11.0. The molecule has 1 atom stereocenters. The van der Waals surface area contributed by atoms with Crippen LogP contribution in [-0.4, -0.2) is 31.6 Å². The summed E-state index contributed by atoms with van der Waals surface area (Å²) in [5.41, 5.74) is 0. The van der Waals surface area contributed by atoms with Gasteiger partial charge in [0.05, 0.1) is 12.7 Å². The third kappa shape index (κ3) is 2.48. The molecule has 4 heteroatoms. The van der Waals surface area contributed by atoms with E-state index in [9.17, 15) is 4.79 Å². The first-order valence-electron chi connectivity index (χ1n) is 3.60. The van der Waals surface area contributed by atoms with Gasteiger partial charge in [-0.3, -0.25) is 0 Å². The fourth-order valence-corrected chi connectivity index (χ4v) is 0.778. The van der Waals surface area contributed by atoms with Crippen molar-refractivity contribution in [2.24, 2.45) is 0 Å². The van der Waals surface area contributed by atoms with Crippen molar-refractivity contribution >= 4 is 5.97 Å². The largest absolute Gasteiger partial charge is 0.461 e. The minimum absolute atomic E-state index is 0.0910. The lowest BCUT2D eigenvalue weighted by Crippen LogP contribution is -2.27. The van der Waals surface area contributed by atoms with Gasteiger partial charge in [0.1, 0.15) is 6.79 Å². The summed E-state index contributed by atoms with van der Waals surface area (Å²) in [6.07, 6.45) is -0.607. The number of esters is 1. The molecule has 0 radical (unpaired) electrons. The van der Waals surface area contributed by atoms with Gasteiger partial charge in [0.15, 0.2) is 6.10 Å².